The van der Waals surface area contributed by atoms with Crippen LogP contribution in [0.1, 0.15) is 24.0 Å². The summed E-state index contributed by atoms with van der Waals surface area (Å²) in [7, 11) is 0. The molecular formula is C15H17F3N2O3. The van der Waals surface area contributed by atoms with E-state index in [1.165, 1.54) is 24.0 Å². The van der Waals surface area contributed by atoms with Crippen molar-refractivity contribution in [2.45, 2.75) is 25.9 Å². The number of hydrogen-bond donors (Lipinski definition) is 2. The van der Waals surface area contributed by atoms with Gasteiger partial charge in [0.15, 0.2) is 0 Å². The molecule has 2 rings (SSSR count). The highest BCUT2D eigenvalue weighted by molar-refractivity contribution is 5.89. The molecule has 0 bridgehead atoms. The maximum absolute atomic E-state index is 12.9. The lowest BCUT2D eigenvalue weighted by Crippen LogP contribution is -2.42. The van der Waals surface area contributed by atoms with E-state index in [1.54, 1.807) is 0 Å². The van der Waals surface area contributed by atoms with E-state index in [4.69, 9.17) is 5.11 Å². The summed E-state index contributed by atoms with van der Waals surface area (Å²) in [6, 6.07) is 3.09. The van der Waals surface area contributed by atoms with Gasteiger partial charge in [0.2, 0.25) is 0 Å². The van der Waals surface area contributed by atoms with Crippen LogP contribution < -0.4 is 5.32 Å². The van der Waals surface area contributed by atoms with E-state index in [-0.39, 0.29) is 24.3 Å². The predicted octanol–water partition coefficient (Wildman–Crippen LogP) is 3.34. The van der Waals surface area contributed by atoms with Crippen LogP contribution in [0.2, 0.25) is 0 Å². The Kier molecular flexibility index (Phi) is 4.82. The predicted molar refractivity (Wildman–Crippen MR) is 77.1 cm³/mol. The average Bonchev–Trinajstić information content (AvgIpc) is 2.48. The molecule has 0 spiro atoms. The molecule has 0 radical (unpaired) electrons. The number of carbonyl (C=O) groups excluding carboxylic acids is 1. The standard InChI is InChI=1S/C15H17F3N2O3/c1-9-2-3-11(8-12(9)15(16,17)18)19-14(23)20-6-4-10(5-7-20)13(21)22/h2-3,8,10H,4-7H2,1H3,(H,19,23)(H,21,22). The molecule has 0 aliphatic carbocycles. The lowest BCUT2D eigenvalue weighted by Gasteiger charge is -2.30. The molecule has 1 fully saturated rings. The van der Waals surface area contributed by atoms with Gasteiger partial charge in [0.25, 0.3) is 0 Å². The number of carboxylic acids is 1. The van der Waals surface area contributed by atoms with Crippen molar-refractivity contribution in [1.29, 1.82) is 0 Å². The number of aliphatic carboxylic acids is 1. The van der Waals surface area contributed by atoms with E-state index < -0.39 is 29.7 Å². The number of likely N-dealkylation sites (tertiary alicyclic amines) is 1. The second-order valence-electron chi connectivity index (χ2n) is 5.56. The number of halogens is 3. The number of alkyl halides is 3. The number of rotatable bonds is 2. The SMILES string of the molecule is Cc1ccc(NC(=O)N2CCC(C(=O)O)CC2)cc1C(F)(F)F. The van der Waals surface area contributed by atoms with Crippen LogP contribution in [-0.2, 0) is 11.0 Å². The molecule has 1 aromatic carbocycles. The largest absolute Gasteiger partial charge is 0.481 e. The van der Waals surface area contributed by atoms with Crippen LogP contribution in [0, 0.1) is 12.8 Å². The molecule has 0 atom stereocenters. The number of aryl methyl sites for hydroxylation is 1. The summed E-state index contributed by atoms with van der Waals surface area (Å²) in [5.74, 6) is -1.37. The first-order chi connectivity index (χ1) is 10.7. The molecular weight excluding hydrogens is 313 g/mol. The third-order valence-electron chi connectivity index (χ3n) is 3.93. The van der Waals surface area contributed by atoms with Gasteiger partial charge >= 0.3 is 18.2 Å². The number of anilines is 1. The van der Waals surface area contributed by atoms with Crippen LogP contribution in [-0.4, -0.2) is 35.1 Å². The second-order valence-corrected chi connectivity index (χ2v) is 5.56. The van der Waals surface area contributed by atoms with E-state index in [1.807, 2.05) is 0 Å². The Morgan fingerprint density at radius 3 is 2.39 bits per heavy atom. The minimum absolute atomic E-state index is 0.0632. The normalized spacial score (nSPS) is 16.3. The van der Waals surface area contributed by atoms with Gasteiger partial charge in [-0.1, -0.05) is 6.07 Å². The zero-order valence-corrected chi connectivity index (χ0v) is 12.5. The smallest absolute Gasteiger partial charge is 0.416 e. The van der Waals surface area contributed by atoms with Crippen molar-refractivity contribution >= 4 is 17.7 Å². The molecule has 8 heteroatoms. The van der Waals surface area contributed by atoms with Crippen molar-refractivity contribution in [3.63, 3.8) is 0 Å². The van der Waals surface area contributed by atoms with Gasteiger partial charge in [-0.15, -0.1) is 0 Å². The molecule has 1 saturated heterocycles. The number of benzene rings is 1. The Morgan fingerprint density at radius 1 is 1.26 bits per heavy atom. The maximum atomic E-state index is 12.9. The summed E-state index contributed by atoms with van der Waals surface area (Å²) in [5, 5.41) is 11.3. The van der Waals surface area contributed by atoms with Crippen LogP contribution in [0.5, 0.6) is 0 Å². The van der Waals surface area contributed by atoms with Crippen LogP contribution in [0.15, 0.2) is 18.2 Å². The van der Waals surface area contributed by atoms with E-state index in [9.17, 15) is 22.8 Å². The Balaban J connectivity index is 2.03. The van der Waals surface area contributed by atoms with E-state index in [0.717, 1.165) is 6.07 Å². The van der Waals surface area contributed by atoms with Crippen molar-refractivity contribution in [3.05, 3.63) is 29.3 Å². The highest BCUT2D eigenvalue weighted by atomic mass is 19.4. The van der Waals surface area contributed by atoms with Gasteiger partial charge in [0.1, 0.15) is 0 Å². The first-order valence-electron chi connectivity index (χ1n) is 7.15. The molecule has 1 aliphatic rings. The number of nitrogens with one attached hydrogen (secondary N) is 1. The van der Waals surface area contributed by atoms with E-state index in [0.29, 0.717) is 12.8 Å². The lowest BCUT2D eigenvalue weighted by atomic mass is 9.97. The van der Waals surface area contributed by atoms with Crippen LogP contribution in [0.4, 0.5) is 23.7 Å². The van der Waals surface area contributed by atoms with E-state index >= 15 is 0 Å². The quantitative estimate of drug-likeness (QED) is 0.874. The highest BCUT2D eigenvalue weighted by Crippen LogP contribution is 2.33. The number of hydrogen-bond acceptors (Lipinski definition) is 2. The fourth-order valence-corrected chi connectivity index (χ4v) is 2.54. The van der Waals surface area contributed by atoms with Crippen molar-refractivity contribution in [2.24, 2.45) is 5.92 Å². The second kappa shape index (κ2) is 6.47. The summed E-state index contributed by atoms with van der Waals surface area (Å²) in [6.45, 7) is 1.88. The molecule has 0 aromatic heterocycles. The Labute approximate surface area is 131 Å². The number of piperidine rings is 1. The van der Waals surface area contributed by atoms with Gasteiger partial charge in [0.05, 0.1) is 11.5 Å². The fraction of sp³-hybridized carbons (Fsp3) is 0.467. The molecule has 2 amide bonds. The minimum Gasteiger partial charge on any atom is -0.481 e. The summed E-state index contributed by atoms with van der Waals surface area (Å²) in [6.07, 6.45) is -3.81. The topological polar surface area (TPSA) is 69.6 Å². The van der Waals surface area contributed by atoms with Crippen molar-refractivity contribution < 1.29 is 27.9 Å². The van der Waals surface area contributed by atoms with Crippen LogP contribution >= 0.6 is 0 Å². The van der Waals surface area contributed by atoms with Gasteiger partial charge in [-0.25, -0.2) is 4.79 Å². The molecule has 2 N–H and O–H groups in total. The summed E-state index contributed by atoms with van der Waals surface area (Å²) in [4.78, 5) is 24.3. The molecule has 0 saturated carbocycles. The molecule has 1 aromatic rings. The first kappa shape index (κ1) is 17.1. The zero-order chi connectivity index (χ0) is 17.2. The molecule has 1 aliphatic heterocycles. The number of amides is 2. The molecule has 126 valence electrons. The monoisotopic (exact) mass is 330 g/mol. The first-order valence-corrected chi connectivity index (χ1v) is 7.15. The van der Waals surface area contributed by atoms with Crippen LogP contribution in [0.25, 0.3) is 0 Å². The Hall–Kier alpha value is -2.25. The number of nitrogens with zero attached hydrogens (tertiary/aromatic N) is 1. The average molecular weight is 330 g/mol. The number of carboxylic acid groups (broad SMARTS) is 1. The molecule has 0 unspecified atom stereocenters. The van der Waals surface area contributed by atoms with Crippen molar-refractivity contribution in [2.75, 3.05) is 18.4 Å². The maximum Gasteiger partial charge on any atom is 0.416 e. The number of carbonyl (C=O) groups is 2. The van der Waals surface area contributed by atoms with Crippen LogP contribution in [0.3, 0.4) is 0 Å². The third kappa shape index (κ3) is 4.14. The fourth-order valence-electron chi connectivity index (χ4n) is 2.54. The molecule has 1 heterocycles. The van der Waals surface area contributed by atoms with Gasteiger partial charge in [-0.3, -0.25) is 4.79 Å². The van der Waals surface area contributed by atoms with E-state index in [2.05, 4.69) is 5.32 Å². The van der Waals surface area contributed by atoms with Crippen molar-refractivity contribution in [1.82, 2.24) is 4.90 Å². The molecule has 23 heavy (non-hydrogen) atoms. The molecule has 5 nitrogen and oxygen atoms in total. The van der Waals surface area contributed by atoms with Gasteiger partial charge in [-0.05, 0) is 37.5 Å². The van der Waals surface area contributed by atoms with Crippen molar-refractivity contribution in [3.8, 4) is 0 Å². The third-order valence-corrected chi connectivity index (χ3v) is 3.93. The number of urea groups is 1. The van der Waals surface area contributed by atoms with Gasteiger partial charge in [0, 0.05) is 18.8 Å². The Bertz CT molecular complexity index is 608. The Morgan fingerprint density at radius 2 is 1.87 bits per heavy atom. The summed E-state index contributed by atoms with van der Waals surface area (Å²) < 4.78 is 38.6. The van der Waals surface area contributed by atoms with Gasteiger partial charge in [-0.2, -0.15) is 13.2 Å². The lowest BCUT2D eigenvalue weighted by molar-refractivity contribution is -0.143. The highest BCUT2D eigenvalue weighted by Gasteiger charge is 2.33. The summed E-state index contributed by atoms with van der Waals surface area (Å²) in [5.41, 5.74) is -0.647. The van der Waals surface area contributed by atoms with Gasteiger partial charge < -0.3 is 15.3 Å². The minimum atomic E-state index is -4.48. The zero-order valence-electron chi connectivity index (χ0n) is 12.5. The summed E-state index contributed by atoms with van der Waals surface area (Å²) >= 11 is 0.